The first-order valence-corrected chi connectivity index (χ1v) is 23.9. The quantitative estimate of drug-likeness (QED) is 0.125. The van der Waals surface area contributed by atoms with Gasteiger partial charge >= 0.3 is 6.03 Å². The number of nitrogens with one attached hydrogen (secondary N) is 6. The van der Waals surface area contributed by atoms with Gasteiger partial charge in [-0.2, -0.15) is 0 Å². The van der Waals surface area contributed by atoms with Crippen LogP contribution < -0.4 is 46.6 Å². The molecule has 2 fully saturated rings. The van der Waals surface area contributed by atoms with E-state index < -0.39 is 0 Å². The summed E-state index contributed by atoms with van der Waals surface area (Å²) in [5.41, 5.74) is 1.39. The van der Waals surface area contributed by atoms with E-state index >= 15 is 0 Å². The maximum atomic E-state index is 9.96. The van der Waals surface area contributed by atoms with E-state index in [1.54, 1.807) is 53.0 Å². The molecule has 7 heterocycles. The number of aryl methyl sites for hydroxylation is 2. The Morgan fingerprint density at radius 1 is 0.603 bits per heavy atom. The van der Waals surface area contributed by atoms with Crippen molar-refractivity contribution in [3.63, 3.8) is 0 Å². The lowest BCUT2D eigenvalue weighted by Crippen LogP contribution is -2.43. The molecule has 2 saturated heterocycles. The second kappa shape index (κ2) is 53.4. The minimum Gasteiger partial charge on any atom is -0.363 e. The van der Waals surface area contributed by atoms with Crippen molar-refractivity contribution in [2.45, 2.75) is 74.7 Å². The Morgan fingerprint density at radius 3 is 1.38 bits per heavy atom. The fourth-order valence-corrected chi connectivity index (χ4v) is 4.73. The predicted octanol–water partition coefficient (Wildman–Crippen LogP) is 6.73. The molecule has 0 unspecified atom stereocenters. The third-order valence-corrected chi connectivity index (χ3v) is 7.59. The molecule has 390 valence electrons. The van der Waals surface area contributed by atoms with Crippen LogP contribution in [0.25, 0.3) is 0 Å². The molecule has 0 aliphatic carbocycles. The maximum absolute atomic E-state index is 9.96. The topological polar surface area (TPSA) is 183 Å². The molecule has 0 atom stereocenters. The number of amides is 2. The van der Waals surface area contributed by atoms with Crippen LogP contribution in [0.3, 0.4) is 0 Å². The summed E-state index contributed by atoms with van der Waals surface area (Å²) in [6.45, 7) is 21.3. The highest BCUT2D eigenvalue weighted by atomic mass is 16.2. The van der Waals surface area contributed by atoms with E-state index in [0.29, 0.717) is 0 Å². The van der Waals surface area contributed by atoms with Gasteiger partial charge in [-0.15, -0.1) is 0 Å². The number of aromatic nitrogens is 5. The number of rotatable bonds is 2. The van der Waals surface area contributed by atoms with Crippen LogP contribution in [0, 0.1) is 0 Å². The molecule has 7 rings (SSSR count). The number of nitrogens with zero attached hydrogens (tertiary/aromatic N) is 11. The number of hydrogen-bond acceptors (Lipinski definition) is 11. The molecule has 3 aliphatic heterocycles. The van der Waals surface area contributed by atoms with Gasteiger partial charge in [0.15, 0.2) is 11.9 Å². The molecule has 18 heteroatoms. The minimum absolute atomic E-state index is 0.157. The highest BCUT2D eigenvalue weighted by Gasteiger charge is 2.12. The van der Waals surface area contributed by atoms with Gasteiger partial charge in [-0.05, 0) is 76.3 Å². The van der Waals surface area contributed by atoms with Gasteiger partial charge in [0, 0.05) is 140 Å². The molecule has 2 amide bonds. The molecule has 3 aliphatic rings. The summed E-state index contributed by atoms with van der Waals surface area (Å²) in [5.74, 6) is 4.99. The van der Waals surface area contributed by atoms with Crippen LogP contribution in [0.1, 0.15) is 73.8 Å². The van der Waals surface area contributed by atoms with Crippen LogP contribution in [0.2, 0.25) is 0 Å². The number of anilines is 3. The first-order valence-electron chi connectivity index (χ1n) is 23.9. The van der Waals surface area contributed by atoms with E-state index in [9.17, 15) is 4.79 Å². The lowest BCUT2D eigenvalue weighted by Gasteiger charge is -2.25. The van der Waals surface area contributed by atoms with Crippen molar-refractivity contribution in [2.75, 3.05) is 132 Å². The average Bonchev–Trinajstić information content (AvgIpc) is 4.11. The molecule has 4 aromatic heterocycles. The summed E-state index contributed by atoms with van der Waals surface area (Å²) >= 11 is 0. The van der Waals surface area contributed by atoms with Gasteiger partial charge in [-0.25, -0.2) is 19.7 Å². The highest BCUT2D eigenvalue weighted by Crippen LogP contribution is 2.21. The zero-order valence-corrected chi connectivity index (χ0v) is 46.6. The molecule has 0 saturated carbocycles. The van der Waals surface area contributed by atoms with E-state index in [2.05, 4.69) is 79.8 Å². The van der Waals surface area contributed by atoms with Gasteiger partial charge in [0.1, 0.15) is 11.6 Å². The molecule has 6 N–H and O–H groups in total. The number of carbonyl (C=O) groups is 1. The SMILES string of the molecule is CC.CC.CC.CC.CN(C)C.CN(C)c1ccccn1.CN(C)c1nccn1C.CN1CCCc2cccnc21.CN=C1NCCCN1.CN=C1NCCN1.CNC(=O)NC.c1ccncc1. The fourth-order valence-electron chi connectivity index (χ4n) is 4.73. The number of urea groups is 1. The number of aliphatic imine (C=N–C) groups is 2. The molecule has 18 nitrogen and oxygen atoms in total. The van der Waals surface area contributed by atoms with Gasteiger partial charge in [0.25, 0.3) is 0 Å². The number of fused-ring (bicyclic) bond motifs is 1. The Kier molecular flexibility index (Phi) is 55.7. The zero-order valence-electron chi connectivity index (χ0n) is 46.6. The van der Waals surface area contributed by atoms with Gasteiger partial charge < -0.3 is 56.1 Å². The van der Waals surface area contributed by atoms with Crippen molar-refractivity contribution in [1.82, 2.24) is 61.3 Å². The van der Waals surface area contributed by atoms with Gasteiger partial charge in [-0.1, -0.05) is 73.6 Å². The second-order valence-corrected chi connectivity index (χ2v) is 13.7. The van der Waals surface area contributed by atoms with Crippen molar-refractivity contribution in [2.24, 2.45) is 17.0 Å². The van der Waals surface area contributed by atoms with E-state index in [0.717, 1.165) is 56.4 Å². The largest absolute Gasteiger partial charge is 0.363 e. The number of imidazole rings is 1. The van der Waals surface area contributed by atoms with Gasteiger partial charge in [-0.3, -0.25) is 15.0 Å². The molecule has 4 aromatic rings. The van der Waals surface area contributed by atoms with Crippen LogP contribution >= 0.6 is 0 Å². The monoisotopic (exact) mass is 954 g/mol. The van der Waals surface area contributed by atoms with Gasteiger partial charge in [0.2, 0.25) is 5.95 Å². The van der Waals surface area contributed by atoms with Crippen molar-refractivity contribution in [3.8, 4) is 0 Å². The van der Waals surface area contributed by atoms with Crippen LogP contribution in [0.4, 0.5) is 22.4 Å². The summed E-state index contributed by atoms with van der Waals surface area (Å²) in [7, 11) is 24.7. The number of pyridine rings is 3. The van der Waals surface area contributed by atoms with Crippen molar-refractivity contribution in [1.29, 1.82) is 0 Å². The van der Waals surface area contributed by atoms with Crippen LogP contribution in [0.5, 0.6) is 0 Å². The normalized spacial score (nSPS) is 11.4. The first-order chi connectivity index (χ1) is 32.8. The molecule has 0 bridgehead atoms. The molecule has 0 radical (unpaired) electrons. The average molecular weight is 954 g/mol. The molecular formula is C50H99N17O. The summed E-state index contributed by atoms with van der Waals surface area (Å²) in [5, 5.41) is 17.0. The standard InChI is InChI=1S/C9H12N2.C7H10N2.C6H11N3.C5H11N3.C5H5N.C4H9N3.C3H8N2O.C3H9N.4C2H6/c1-11-7-3-5-8-4-2-6-10-9(8)11;1-9(2)7-5-3-4-6-8-7;1-8(2)6-7-4-5-9(6)3;1-6-5-7-3-2-4-8-5;1-2-4-6-5-3-1;1-5-4-6-2-3-7-4;1-4-3(6)5-2;1-4(2)3;4*1-2/h2,4,6H,3,5,7H2,1H3;3-6H,1-2H3;4-5H,1-3H3;2-4H2,1H3,(H2,6,7,8);1-5H;2-3H2,1H3,(H2,5,6,7);1-2H3,(H2,4,5,6);1-3H3;4*1-2H3. The lowest BCUT2D eigenvalue weighted by atomic mass is 10.1. The van der Waals surface area contributed by atoms with Crippen molar-refractivity contribution < 1.29 is 4.79 Å². The highest BCUT2D eigenvalue weighted by molar-refractivity contribution is 5.81. The van der Waals surface area contributed by atoms with E-state index in [1.807, 2.05) is 186 Å². The summed E-state index contributed by atoms with van der Waals surface area (Å²) in [6.07, 6.45) is 14.5. The summed E-state index contributed by atoms with van der Waals surface area (Å²) in [4.78, 5) is 42.3. The van der Waals surface area contributed by atoms with E-state index in [-0.39, 0.29) is 6.03 Å². The Bertz CT molecular complexity index is 1620. The van der Waals surface area contributed by atoms with Crippen molar-refractivity contribution in [3.05, 3.63) is 91.3 Å². The summed E-state index contributed by atoms with van der Waals surface area (Å²) in [6, 6.07) is 15.6. The molecule has 0 aromatic carbocycles. The van der Waals surface area contributed by atoms with Gasteiger partial charge in [0.05, 0.1) is 0 Å². The van der Waals surface area contributed by atoms with Crippen molar-refractivity contribution >= 4 is 35.5 Å². The third kappa shape index (κ3) is 42.5. The Balaban J connectivity index is -0.000000220. The number of carbonyl (C=O) groups excluding carboxylic acids is 1. The summed E-state index contributed by atoms with van der Waals surface area (Å²) < 4.78 is 1.97. The van der Waals surface area contributed by atoms with Crippen LogP contribution in [0.15, 0.2) is 95.7 Å². The third-order valence-electron chi connectivity index (χ3n) is 7.59. The van der Waals surface area contributed by atoms with E-state index in [1.165, 1.54) is 30.6 Å². The smallest absolute Gasteiger partial charge is 0.314 e. The Labute approximate surface area is 415 Å². The fraction of sp³-hybridized carbons (Fsp3) is 0.580. The Hall–Kier alpha value is -6.17. The maximum Gasteiger partial charge on any atom is 0.314 e. The molecule has 68 heavy (non-hydrogen) atoms. The minimum atomic E-state index is -0.157. The number of guanidine groups is 2. The lowest BCUT2D eigenvalue weighted by molar-refractivity contribution is 0.245. The number of hydrogen-bond donors (Lipinski definition) is 6. The first kappa shape index (κ1) is 70.8. The van der Waals surface area contributed by atoms with E-state index in [4.69, 9.17) is 0 Å². The molecular weight excluding hydrogens is 855 g/mol. The predicted molar refractivity (Wildman–Crippen MR) is 298 cm³/mol. The second-order valence-electron chi connectivity index (χ2n) is 13.7. The van der Waals surface area contributed by atoms with Crippen LogP contribution in [-0.4, -0.2) is 165 Å². The zero-order chi connectivity index (χ0) is 53.0. The molecule has 0 spiro atoms. The Morgan fingerprint density at radius 2 is 1.09 bits per heavy atom. The van der Waals surface area contributed by atoms with Crippen LogP contribution in [-0.2, 0) is 13.5 Å².